The number of hydrogen-bond acceptors (Lipinski definition) is 5. The molecular formula is C23H26N6O2S. The van der Waals surface area contributed by atoms with Gasteiger partial charge in [0.25, 0.3) is 0 Å². The molecule has 9 heteroatoms. The zero-order valence-electron chi connectivity index (χ0n) is 18.5. The Labute approximate surface area is 190 Å². The van der Waals surface area contributed by atoms with E-state index in [-0.39, 0.29) is 11.4 Å². The van der Waals surface area contributed by atoms with Crippen molar-refractivity contribution in [2.75, 3.05) is 5.32 Å². The van der Waals surface area contributed by atoms with Gasteiger partial charge < -0.3 is 10.1 Å². The highest BCUT2D eigenvalue weighted by molar-refractivity contribution is 7.12. The van der Waals surface area contributed by atoms with Gasteiger partial charge in [-0.05, 0) is 30.5 Å². The predicted octanol–water partition coefficient (Wildman–Crippen LogP) is 5.38. The fourth-order valence-electron chi connectivity index (χ4n) is 3.00. The summed E-state index contributed by atoms with van der Waals surface area (Å²) >= 11 is 1.45. The summed E-state index contributed by atoms with van der Waals surface area (Å²) in [6.07, 6.45) is 1.62. The van der Waals surface area contributed by atoms with Crippen molar-refractivity contribution in [1.82, 2.24) is 25.3 Å². The quantitative estimate of drug-likeness (QED) is 0.368. The molecule has 0 spiro atoms. The number of nitrogens with one attached hydrogen (secondary N) is 3. The molecule has 0 aliphatic heterocycles. The van der Waals surface area contributed by atoms with E-state index in [9.17, 15) is 4.79 Å². The molecule has 4 rings (SSSR count). The van der Waals surface area contributed by atoms with E-state index in [0.29, 0.717) is 23.3 Å². The van der Waals surface area contributed by atoms with E-state index in [0.717, 1.165) is 22.5 Å². The second-order valence-electron chi connectivity index (χ2n) is 8.48. The Hall–Kier alpha value is -3.59. The van der Waals surface area contributed by atoms with Gasteiger partial charge in [0.05, 0.1) is 17.6 Å². The number of aryl methyl sites for hydroxylation is 1. The Balaban J connectivity index is 1.48. The van der Waals surface area contributed by atoms with Crippen LogP contribution in [0, 0.1) is 6.92 Å². The first-order valence-electron chi connectivity index (χ1n) is 10.3. The molecule has 0 radical (unpaired) electrons. The molecule has 0 saturated carbocycles. The zero-order chi connectivity index (χ0) is 22.7. The summed E-state index contributed by atoms with van der Waals surface area (Å²) in [5, 5.41) is 19.9. The number of carbonyl (C=O) groups is 1. The van der Waals surface area contributed by atoms with Gasteiger partial charge in [-0.15, -0.1) is 11.3 Å². The lowest BCUT2D eigenvalue weighted by Crippen LogP contribution is -2.29. The minimum absolute atomic E-state index is 0.154. The molecule has 32 heavy (non-hydrogen) atoms. The third-order valence-corrected chi connectivity index (χ3v) is 5.65. The smallest absolute Gasteiger partial charge is 0.320 e. The molecule has 0 bridgehead atoms. The Bertz CT molecular complexity index is 1190. The van der Waals surface area contributed by atoms with Gasteiger partial charge in [-0.1, -0.05) is 38.5 Å². The molecule has 0 aliphatic rings. The van der Waals surface area contributed by atoms with Crippen LogP contribution in [-0.2, 0) is 12.0 Å². The number of aromatic amines is 1. The maximum atomic E-state index is 12.7. The molecule has 0 aliphatic carbocycles. The molecular weight excluding hydrogens is 424 g/mol. The lowest BCUT2D eigenvalue weighted by molar-refractivity contribution is 0.251. The summed E-state index contributed by atoms with van der Waals surface area (Å²) in [7, 11) is 0. The molecule has 8 nitrogen and oxygen atoms in total. The van der Waals surface area contributed by atoms with Crippen LogP contribution in [-0.4, -0.2) is 26.0 Å². The Morgan fingerprint density at radius 1 is 1.19 bits per heavy atom. The number of aromatic nitrogens is 4. The van der Waals surface area contributed by atoms with Gasteiger partial charge in [-0.3, -0.25) is 5.32 Å². The Morgan fingerprint density at radius 3 is 2.66 bits per heavy atom. The van der Waals surface area contributed by atoms with Crippen molar-refractivity contribution >= 4 is 23.2 Å². The monoisotopic (exact) mass is 450 g/mol. The summed E-state index contributed by atoms with van der Waals surface area (Å²) in [6.45, 7) is 8.64. The van der Waals surface area contributed by atoms with Gasteiger partial charge in [-0.2, -0.15) is 10.2 Å². The molecule has 0 atom stereocenters. The number of anilines is 1. The van der Waals surface area contributed by atoms with Crippen LogP contribution in [0.1, 0.15) is 37.6 Å². The molecule has 2 amide bonds. The normalized spacial score (nSPS) is 11.4. The number of amides is 2. The first-order chi connectivity index (χ1) is 15.3. The number of ether oxygens (including phenoxy) is 1. The van der Waals surface area contributed by atoms with Crippen LogP contribution >= 0.6 is 11.3 Å². The lowest BCUT2D eigenvalue weighted by Gasteiger charge is -2.14. The van der Waals surface area contributed by atoms with Gasteiger partial charge in [0, 0.05) is 29.7 Å². The van der Waals surface area contributed by atoms with Crippen molar-refractivity contribution in [3.05, 3.63) is 70.9 Å². The molecule has 3 heterocycles. The SMILES string of the molecule is Cc1ccc(-n2nc(C(C)(C)C)cc2NC(=O)NCc2ccsc2Oc2ccn[nH]2)cc1. The highest BCUT2D eigenvalue weighted by Gasteiger charge is 2.21. The van der Waals surface area contributed by atoms with Gasteiger partial charge in [0.1, 0.15) is 5.82 Å². The molecule has 0 saturated heterocycles. The summed E-state index contributed by atoms with van der Waals surface area (Å²) in [5.41, 5.74) is 3.66. The Morgan fingerprint density at radius 2 is 1.97 bits per heavy atom. The summed E-state index contributed by atoms with van der Waals surface area (Å²) in [4.78, 5) is 12.7. The predicted molar refractivity (Wildman–Crippen MR) is 126 cm³/mol. The van der Waals surface area contributed by atoms with Crippen LogP contribution in [0.3, 0.4) is 0 Å². The fraction of sp³-hybridized carbons (Fsp3) is 0.261. The molecule has 3 N–H and O–H groups in total. The number of carbonyl (C=O) groups excluding carboxylic acids is 1. The van der Waals surface area contributed by atoms with E-state index in [1.807, 2.05) is 48.7 Å². The van der Waals surface area contributed by atoms with Crippen molar-refractivity contribution in [2.24, 2.45) is 0 Å². The van der Waals surface area contributed by atoms with E-state index in [4.69, 9.17) is 9.84 Å². The van der Waals surface area contributed by atoms with Crippen LogP contribution in [0.5, 0.6) is 10.9 Å². The Kier molecular flexibility index (Phi) is 6.00. The summed E-state index contributed by atoms with van der Waals surface area (Å²) < 4.78 is 7.54. The first-order valence-corrected chi connectivity index (χ1v) is 11.1. The number of H-pyrrole nitrogens is 1. The standard InChI is InChI=1S/C23H26N6O2S/c1-15-5-7-17(8-6-15)29-19(13-18(28-29)23(2,3)4)26-22(30)24-14-16-10-12-32-21(16)31-20-9-11-25-27-20/h5-13H,14H2,1-4H3,(H,25,27)(H2,24,26,30). The average Bonchev–Trinajstić information content (AvgIpc) is 3.49. The maximum Gasteiger partial charge on any atom is 0.320 e. The number of rotatable bonds is 6. The van der Waals surface area contributed by atoms with Crippen molar-refractivity contribution in [3.63, 3.8) is 0 Å². The van der Waals surface area contributed by atoms with E-state index in [2.05, 4.69) is 41.6 Å². The first kappa shape index (κ1) is 21.6. The highest BCUT2D eigenvalue weighted by Crippen LogP contribution is 2.30. The summed E-state index contributed by atoms with van der Waals surface area (Å²) in [5.74, 6) is 1.16. The van der Waals surface area contributed by atoms with Gasteiger partial charge in [-0.25, -0.2) is 14.6 Å². The van der Waals surface area contributed by atoms with Crippen molar-refractivity contribution < 1.29 is 9.53 Å². The number of hydrogen-bond donors (Lipinski definition) is 3. The van der Waals surface area contributed by atoms with Gasteiger partial charge in [0.15, 0.2) is 5.06 Å². The number of urea groups is 1. The van der Waals surface area contributed by atoms with Crippen molar-refractivity contribution in [3.8, 4) is 16.6 Å². The second kappa shape index (κ2) is 8.88. The van der Waals surface area contributed by atoms with Crippen LogP contribution in [0.4, 0.5) is 10.6 Å². The van der Waals surface area contributed by atoms with Crippen molar-refractivity contribution in [1.29, 1.82) is 0 Å². The average molecular weight is 451 g/mol. The molecule has 0 fully saturated rings. The van der Waals surface area contributed by atoms with Gasteiger partial charge in [0.2, 0.25) is 5.88 Å². The number of benzene rings is 1. The minimum Gasteiger partial charge on any atom is -0.428 e. The zero-order valence-corrected chi connectivity index (χ0v) is 19.3. The van der Waals surface area contributed by atoms with E-state index >= 15 is 0 Å². The maximum absolute atomic E-state index is 12.7. The van der Waals surface area contributed by atoms with E-state index in [1.54, 1.807) is 16.9 Å². The molecule has 4 aromatic rings. The fourth-order valence-corrected chi connectivity index (χ4v) is 3.78. The topological polar surface area (TPSA) is 96.9 Å². The van der Waals surface area contributed by atoms with Crippen molar-refractivity contribution in [2.45, 2.75) is 39.7 Å². The molecule has 1 aromatic carbocycles. The van der Waals surface area contributed by atoms with Crippen LogP contribution in [0.2, 0.25) is 0 Å². The van der Waals surface area contributed by atoms with E-state index in [1.165, 1.54) is 11.3 Å². The van der Waals surface area contributed by atoms with E-state index < -0.39 is 0 Å². The highest BCUT2D eigenvalue weighted by atomic mass is 32.1. The largest absolute Gasteiger partial charge is 0.428 e. The van der Waals surface area contributed by atoms with Crippen LogP contribution in [0.25, 0.3) is 5.69 Å². The molecule has 3 aromatic heterocycles. The van der Waals surface area contributed by atoms with Crippen LogP contribution in [0.15, 0.2) is 54.0 Å². The third kappa shape index (κ3) is 5.00. The lowest BCUT2D eigenvalue weighted by atomic mass is 9.92. The van der Waals surface area contributed by atoms with Gasteiger partial charge >= 0.3 is 6.03 Å². The molecule has 166 valence electrons. The third-order valence-electron chi connectivity index (χ3n) is 4.82. The summed E-state index contributed by atoms with van der Waals surface area (Å²) in [6, 6.07) is 13.3. The minimum atomic E-state index is -0.322. The number of thiophene rings is 1. The number of nitrogens with zero attached hydrogens (tertiary/aromatic N) is 3. The van der Waals surface area contributed by atoms with Crippen LogP contribution < -0.4 is 15.4 Å². The molecule has 0 unspecified atom stereocenters. The second-order valence-corrected chi connectivity index (χ2v) is 9.35.